The zero-order valence-corrected chi connectivity index (χ0v) is 18.9. The first kappa shape index (κ1) is 22.1. The fourth-order valence-corrected chi connectivity index (χ4v) is 3.12. The number of benzene rings is 1. The molecule has 152 valence electrons. The molecule has 27 heavy (non-hydrogen) atoms. The number of hydrogen-bond donors (Lipinski definition) is 2. The molecule has 1 aliphatic heterocycles. The van der Waals surface area contributed by atoms with Crippen molar-refractivity contribution in [1.82, 2.24) is 10.6 Å². The molecule has 1 atom stereocenters. The third-order valence-electron chi connectivity index (χ3n) is 4.78. The molecular formula is C20H32IN3O3. The van der Waals surface area contributed by atoms with Crippen LogP contribution in [0.2, 0.25) is 0 Å². The maximum Gasteiger partial charge on any atom is 0.191 e. The second-order valence-electron chi connectivity index (χ2n) is 7.13. The molecule has 0 bridgehead atoms. The Kier molecular flexibility index (Phi) is 8.95. The SMILES string of the molecule is CN=C(NCCCOCC1CC1)NCc1cc2c(cc1OC)CC(C)O2.I. The fraction of sp³-hybridized carbons (Fsp3) is 0.650. The van der Waals surface area contributed by atoms with Gasteiger partial charge in [0.1, 0.15) is 17.6 Å². The molecular weight excluding hydrogens is 457 g/mol. The summed E-state index contributed by atoms with van der Waals surface area (Å²) in [4.78, 5) is 4.28. The highest BCUT2D eigenvalue weighted by atomic mass is 127. The van der Waals surface area contributed by atoms with Crippen molar-refractivity contribution in [2.45, 2.75) is 45.3 Å². The summed E-state index contributed by atoms with van der Waals surface area (Å²) in [5.41, 5.74) is 2.28. The van der Waals surface area contributed by atoms with Crippen LogP contribution in [-0.4, -0.2) is 46.0 Å². The van der Waals surface area contributed by atoms with E-state index in [0.29, 0.717) is 6.54 Å². The van der Waals surface area contributed by atoms with Gasteiger partial charge in [-0.05, 0) is 44.2 Å². The van der Waals surface area contributed by atoms with E-state index in [9.17, 15) is 0 Å². The van der Waals surface area contributed by atoms with Gasteiger partial charge in [0.2, 0.25) is 0 Å². The Morgan fingerprint density at radius 1 is 1.30 bits per heavy atom. The summed E-state index contributed by atoms with van der Waals surface area (Å²) < 4.78 is 17.1. The lowest BCUT2D eigenvalue weighted by Gasteiger charge is -2.15. The van der Waals surface area contributed by atoms with Crippen molar-refractivity contribution in [2.75, 3.05) is 33.9 Å². The number of ether oxygens (including phenoxy) is 3. The van der Waals surface area contributed by atoms with E-state index < -0.39 is 0 Å². The minimum absolute atomic E-state index is 0. The molecule has 1 aromatic carbocycles. The average Bonchev–Trinajstić information content (AvgIpc) is 3.39. The van der Waals surface area contributed by atoms with Gasteiger partial charge in [0.05, 0.1) is 7.11 Å². The van der Waals surface area contributed by atoms with Crippen LogP contribution >= 0.6 is 24.0 Å². The van der Waals surface area contributed by atoms with Crippen molar-refractivity contribution in [2.24, 2.45) is 10.9 Å². The van der Waals surface area contributed by atoms with Crippen LogP contribution in [0.1, 0.15) is 37.3 Å². The van der Waals surface area contributed by atoms with Crippen molar-refractivity contribution in [1.29, 1.82) is 0 Å². The lowest BCUT2D eigenvalue weighted by atomic mass is 10.1. The summed E-state index contributed by atoms with van der Waals surface area (Å²) in [6.45, 7) is 5.28. The van der Waals surface area contributed by atoms with Crippen LogP contribution in [0.25, 0.3) is 0 Å². The largest absolute Gasteiger partial charge is 0.496 e. The highest BCUT2D eigenvalue weighted by Crippen LogP contribution is 2.34. The molecule has 6 nitrogen and oxygen atoms in total. The van der Waals surface area contributed by atoms with Gasteiger partial charge >= 0.3 is 0 Å². The van der Waals surface area contributed by atoms with Gasteiger partial charge in [0, 0.05) is 50.9 Å². The van der Waals surface area contributed by atoms with Gasteiger partial charge in [-0.3, -0.25) is 4.99 Å². The molecule has 1 aromatic rings. The number of nitrogens with one attached hydrogen (secondary N) is 2. The molecule has 2 aliphatic rings. The molecule has 7 heteroatoms. The lowest BCUT2D eigenvalue weighted by Crippen LogP contribution is -2.37. The first-order valence-electron chi connectivity index (χ1n) is 9.58. The second-order valence-corrected chi connectivity index (χ2v) is 7.13. The number of fused-ring (bicyclic) bond motifs is 1. The van der Waals surface area contributed by atoms with E-state index in [1.807, 2.05) is 0 Å². The topological polar surface area (TPSA) is 64.1 Å². The van der Waals surface area contributed by atoms with E-state index in [-0.39, 0.29) is 30.1 Å². The van der Waals surface area contributed by atoms with Crippen LogP contribution < -0.4 is 20.1 Å². The Labute approximate surface area is 179 Å². The highest BCUT2D eigenvalue weighted by Gasteiger charge is 2.22. The summed E-state index contributed by atoms with van der Waals surface area (Å²) in [7, 11) is 3.49. The summed E-state index contributed by atoms with van der Waals surface area (Å²) in [6, 6.07) is 4.16. The number of guanidine groups is 1. The Balaban J connectivity index is 0.00000261. The molecule has 0 spiro atoms. The van der Waals surface area contributed by atoms with Crippen LogP contribution in [0, 0.1) is 5.92 Å². The van der Waals surface area contributed by atoms with E-state index >= 15 is 0 Å². The third-order valence-corrected chi connectivity index (χ3v) is 4.78. The maximum atomic E-state index is 5.86. The van der Waals surface area contributed by atoms with Gasteiger partial charge in [-0.1, -0.05) is 0 Å². The van der Waals surface area contributed by atoms with Gasteiger partial charge in [-0.15, -0.1) is 24.0 Å². The van der Waals surface area contributed by atoms with Crippen LogP contribution in [0.15, 0.2) is 17.1 Å². The monoisotopic (exact) mass is 489 g/mol. The lowest BCUT2D eigenvalue weighted by molar-refractivity contribution is 0.123. The summed E-state index contributed by atoms with van der Waals surface area (Å²) in [5.74, 6) is 3.46. The van der Waals surface area contributed by atoms with Crippen LogP contribution in [0.3, 0.4) is 0 Å². The van der Waals surface area contributed by atoms with Gasteiger partial charge in [-0.2, -0.15) is 0 Å². The standard InChI is InChI=1S/C20H31N3O3.HI/c1-14-9-16-10-18(24-3)17(11-19(16)26-14)12-23-20(21-2)22-7-4-8-25-13-15-5-6-15;/h10-11,14-15H,4-9,12-13H2,1-3H3,(H2,21,22,23);1H. The predicted octanol–water partition coefficient (Wildman–Crippen LogP) is 3.12. The minimum Gasteiger partial charge on any atom is -0.496 e. The molecule has 2 N–H and O–H groups in total. The van der Waals surface area contributed by atoms with Gasteiger partial charge in [0.25, 0.3) is 0 Å². The number of rotatable bonds is 9. The molecule has 1 heterocycles. The van der Waals surface area contributed by atoms with Crippen LogP contribution in [0.5, 0.6) is 11.5 Å². The number of nitrogens with zero attached hydrogens (tertiary/aromatic N) is 1. The van der Waals surface area contributed by atoms with Crippen molar-refractivity contribution >= 4 is 29.9 Å². The van der Waals surface area contributed by atoms with E-state index in [2.05, 4.69) is 34.7 Å². The number of halogens is 1. The fourth-order valence-electron chi connectivity index (χ4n) is 3.12. The molecule has 0 saturated heterocycles. The summed E-state index contributed by atoms with van der Waals surface area (Å²) in [6.07, 6.45) is 4.82. The molecule has 0 aromatic heterocycles. The smallest absolute Gasteiger partial charge is 0.191 e. The first-order chi connectivity index (χ1) is 12.7. The minimum atomic E-state index is 0. The zero-order valence-electron chi connectivity index (χ0n) is 16.5. The van der Waals surface area contributed by atoms with E-state index in [1.165, 1.54) is 18.4 Å². The molecule has 3 rings (SSSR count). The Morgan fingerprint density at radius 3 is 2.81 bits per heavy atom. The maximum absolute atomic E-state index is 5.86. The Morgan fingerprint density at radius 2 is 2.11 bits per heavy atom. The van der Waals surface area contributed by atoms with Crippen LogP contribution in [0.4, 0.5) is 0 Å². The third kappa shape index (κ3) is 6.71. The highest BCUT2D eigenvalue weighted by molar-refractivity contribution is 14.0. The Hall–Kier alpha value is -1.22. The van der Waals surface area contributed by atoms with Crippen molar-refractivity contribution in [3.05, 3.63) is 23.3 Å². The van der Waals surface area contributed by atoms with E-state index in [0.717, 1.165) is 61.5 Å². The number of hydrogen-bond acceptors (Lipinski definition) is 4. The van der Waals surface area contributed by atoms with E-state index in [1.54, 1.807) is 14.2 Å². The first-order valence-corrected chi connectivity index (χ1v) is 9.58. The van der Waals surface area contributed by atoms with Gasteiger partial charge in [-0.25, -0.2) is 0 Å². The number of aliphatic imine (C=N–C) groups is 1. The molecule has 1 saturated carbocycles. The summed E-state index contributed by atoms with van der Waals surface area (Å²) in [5, 5.41) is 6.67. The Bertz CT molecular complexity index is 635. The van der Waals surface area contributed by atoms with Gasteiger partial charge in [0.15, 0.2) is 5.96 Å². The molecule has 0 radical (unpaired) electrons. The zero-order chi connectivity index (χ0) is 18.4. The molecule has 1 fully saturated rings. The van der Waals surface area contributed by atoms with Crippen LogP contribution in [-0.2, 0) is 17.7 Å². The molecule has 0 amide bonds. The quantitative estimate of drug-likeness (QED) is 0.242. The summed E-state index contributed by atoms with van der Waals surface area (Å²) >= 11 is 0. The van der Waals surface area contributed by atoms with Crippen molar-refractivity contribution < 1.29 is 14.2 Å². The second kappa shape index (κ2) is 10.9. The van der Waals surface area contributed by atoms with Gasteiger partial charge < -0.3 is 24.8 Å². The normalized spacial score (nSPS) is 18.3. The number of methoxy groups -OCH3 is 1. The average molecular weight is 489 g/mol. The van der Waals surface area contributed by atoms with E-state index in [4.69, 9.17) is 14.2 Å². The van der Waals surface area contributed by atoms with Crippen molar-refractivity contribution in [3.8, 4) is 11.5 Å². The molecule has 1 unspecified atom stereocenters. The van der Waals surface area contributed by atoms with Crippen molar-refractivity contribution in [3.63, 3.8) is 0 Å². The molecule has 1 aliphatic carbocycles. The predicted molar refractivity (Wildman–Crippen MR) is 119 cm³/mol.